The van der Waals surface area contributed by atoms with Crippen LogP contribution in [-0.4, -0.2) is 22.9 Å². The molecule has 1 saturated carbocycles. The average Bonchev–Trinajstić information content (AvgIpc) is 3.00. The molecule has 0 aliphatic heterocycles. The molecular formula is C9H12N2O4S2. The van der Waals surface area contributed by atoms with Crippen LogP contribution in [0.15, 0.2) is 34.1 Å². The molecule has 3 N–H and O–H groups in total. The van der Waals surface area contributed by atoms with E-state index in [4.69, 9.17) is 5.14 Å². The zero-order valence-corrected chi connectivity index (χ0v) is 10.5. The van der Waals surface area contributed by atoms with Crippen LogP contribution in [0.3, 0.4) is 0 Å². The van der Waals surface area contributed by atoms with Crippen LogP contribution in [-0.2, 0) is 20.0 Å². The Kier molecular flexibility index (Phi) is 2.98. The second kappa shape index (κ2) is 4.05. The van der Waals surface area contributed by atoms with Crippen LogP contribution in [0.5, 0.6) is 0 Å². The summed E-state index contributed by atoms with van der Waals surface area (Å²) < 4.78 is 48.3. The number of benzene rings is 1. The van der Waals surface area contributed by atoms with E-state index in [1.807, 2.05) is 0 Å². The molecule has 0 bridgehead atoms. The molecule has 2 rings (SSSR count). The van der Waals surface area contributed by atoms with Crippen molar-refractivity contribution in [3.05, 3.63) is 24.3 Å². The summed E-state index contributed by atoms with van der Waals surface area (Å²) in [7, 11) is -7.54. The molecule has 0 aromatic heterocycles. The van der Waals surface area contributed by atoms with Gasteiger partial charge in [-0.1, -0.05) is 6.07 Å². The van der Waals surface area contributed by atoms with Gasteiger partial charge in [0.1, 0.15) is 0 Å². The van der Waals surface area contributed by atoms with Crippen LogP contribution in [0.25, 0.3) is 0 Å². The first-order valence-electron chi connectivity index (χ1n) is 4.94. The highest BCUT2D eigenvalue weighted by molar-refractivity contribution is 7.90. The molecule has 0 radical (unpaired) electrons. The molecule has 0 atom stereocenters. The van der Waals surface area contributed by atoms with Gasteiger partial charge in [0.05, 0.1) is 9.79 Å². The minimum atomic E-state index is -3.89. The Balaban J connectivity index is 2.39. The van der Waals surface area contributed by atoms with Gasteiger partial charge < -0.3 is 0 Å². The largest absolute Gasteiger partial charge is 0.240 e. The predicted molar refractivity (Wildman–Crippen MR) is 61.2 cm³/mol. The maximum atomic E-state index is 11.8. The van der Waals surface area contributed by atoms with Crippen molar-refractivity contribution in [1.82, 2.24) is 4.72 Å². The molecule has 6 nitrogen and oxygen atoms in total. The lowest BCUT2D eigenvalue weighted by Gasteiger charge is -2.06. The van der Waals surface area contributed by atoms with Gasteiger partial charge in [0.15, 0.2) is 0 Å². The summed E-state index contributed by atoms with van der Waals surface area (Å²) >= 11 is 0. The third-order valence-corrected chi connectivity index (χ3v) is 4.77. The van der Waals surface area contributed by atoms with E-state index >= 15 is 0 Å². The van der Waals surface area contributed by atoms with E-state index in [-0.39, 0.29) is 15.8 Å². The summed E-state index contributed by atoms with van der Waals surface area (Å²) in [4.78, 5) is -0.299. The fourth-order valence-corrected chi connectivity index (χ4v) is 3.29. The van der Waals surface area contributed by atoms with E-state index in [2.05, 4.69) is 4.72 Å². The van der Waals surface area contributed by atoms with Crippen LogP contribution in [0.2, 0.25) is 0 Å². The third-order valence-electron chi connectivity index (χ3n) is 2.34. The maximum Gasteiger partial charge on any atom is 0.240 e. The molecule has 1 fully saturated rings. The first kappa shape index (κ1) is 12.5. The Morgan fingerprint density at radius 2 is 1.71 bits per heavy atom. The first-order chi connectivity index (χ1) is 7.79. The zero-order chi connectivity index (χ0) is 12.7. The van der Waals surface area contributed by atoms with Crippen molar-refractivity contribution >= 4 is 20.0 Å². The molecule has 17 heavy (non-hydrogen) atoms. The van der Waals surface area contributed by atoms with Crippen LogP contribution in [0.1, 0.15) is 12.8 Å². The lowest BCUT2D eigenvalue weighted by atomic mass is 10.4. The van der Waals surface area contributed by atoms with Crippen molar-refractivity contribution in [3.63, 3.8) is 0 Å². The van der Waals surface area contributed by atoms with E-state index in [1.165, 1.54) is 18.2 Å². The van der Waals surface area contributed by atoms with Gasteiger partial charge in [-0.3, -0.25) is 0 Å². The van der Waals surface area contributed by atoms with E-state index in [1.54, 1.807) is 0 Å². The minimum absolute atomic E-state index is 0.0295. The summed E-state index contributed by atoms with van der Waals surface area (Å²) in [5.74, 6) is 0. The van der Waals surface area contributed by atoms with Crippen LogP contribution >= 0.6 is 0 Å². The summed E-state index contributed by atoms with van der Waals surface area (Å²) in [6.45, 7) is 0. The van der Waals surface area contributed by atoms with Crippen LogP contribution < -0.4 is 9.86 Å². The summed E-state index contributed by atoms with van der Waals surface area (Å²) in [5.41, 5.74) is 0. The van der Waals surface area contributed by atoms with E-state index in [0.717, 1.165) is 18.9 Å². The normalized spacial score (nSPS) is 17.0. The number of nitrogens with one attached hydrogen (secondary N) is 1. The average molecular weight is 276 g/mol. The standard InChI is InChI=1S/C9H12N2O4S2/c10-16(12,13)8-2-1-3-9(6-8)17(14,15)11-7-4-5-7/h1-3,6-7,11H,4-5H2,(H2,10,12,13). The van der Waals surface area contributed by atoms with Gasteiger partial charge in [-0.2, -0.15) is 0 Å². The van der Waals surface area contributed by atoms with Crippen molar-refractivity contribution in [1.29, 1.82) is 0 Å². The Bertz CT molecular complexity index is 633. The van der Waals surface area contributed by atoms with Gasteiger partial charge >= 0.3 is 0 Å². The Morgan fingerprint density at radius 1 is 1.12 bits per heavy atom. The molecule has 0 unspecified atom stereocenters. The van der Waals surface area contributed by atoms with E-state index < -0.39 is 20.0 Å². The molecule has 0 amide bonds. The molecule has 0 saturated heterocycles. The van der Waals surface area contributed by atoms with Gasteiger partial charge in [0, 0.05) is 6.04 Å². The Morgan fingerprint density at radius 3 is 2.24 bits per heavy atom. The third kappa shape index (κ3) is 3.03. The smallest absolute Gasteiger partial charge is 0.225 e. The Labute approximate surface area is 99.9 Å². The van der Waals surface area contributed by atoms with E-state index in [9.17, 15) is 16.8 Å². The van der Waals surface area contributed by atoms with Gasteiger partial charge in [-0.05, 0) is 31.0 Å². The van der Waals surface area contributed by atoms with Gasteiger partial charge in [0.2, 0.25) is 20.0 Å². The number of sulfonamides is 2. The minimum Gasteiger partial charge on any atom is -0.225 e. The van der Waals surface area contributed by atoms with Crippen molar-refractivity contribution in [2.24, 2.45) is 5.14 Å². The molecule has 0 heterocycles. The number of hydrogen-bond donors (Lipinski definition) is 2. The fraction of sp³-hybridized carbons (Fsp3) is 0.333. The van der Waals surface area contributed by atoms with Gasteiger partial charge in [-0.25, -0.2) is 26.7 Å². The second-order valence-corrected chi connectivity index (χ2v) is 7.19. The molecule has 1 aromatic carbocycles. The van der Waals surface area contributed by atoms with Crippen molar-refractivity contribution in [2.45, 2.75) is 28.7 Å². The highest BCUT2D eigenvalue weighted by Crippen LogP contribution is 2.22. The maximum absolute atomic E-state index is 11.8. The predicted octanol–water partition coefficient (Wildman–Crippen LogP) is -0.225. The molecule has 1 aromatic rings. The summed E-state index contributed by atoms with van der Waals surface area (Å²) in [5, 5.41) is 4.94. The van der Waals surface area contributed by atoms with Crippen molar-refractivity contribution < 1.29 is 16.8 Å². The summed E-state index contributed by atoms with van der Waals surface area (Å²) in [6, 6.07) is 4.96. The molecule has 1 aliphatic rings. The summed E-state index contributed by atoms with van der Waals surface area (Å²) in [6.07, 6.45) is 1.63. The lowest BCUT2D eigenvalue weighted by molar-refractivity contribution is 0.580. The molecule has 8 heteroatoms. The van der Waals surface area contributed by atoms with Crippen molar-refractivity contribution in [3.8, 4) is 0 Å². The molecule has 1 aliphatic carbocycles. The highest BCUT2D eigenvalue weighted by Gasteiger charge is 2.28. The molecular weight excluding hydrogens is 264 g/mol. The zero-order valence-electron chi connectivity index (χ0n) is 8.83. The number of primary sulfonamides is 1. The lowest BCUT2D eigenvalue weighted by Crippen LogP contribution is -2.26. The van der Waals surface area contributed by atoms with Crippen molar-refractivity contribution in [2.75, 3.05) is 0 Å². The number of rotatable bonds is 4. The quantitative estimate of drug-likeness (QED) is 0.792. The highest BCUT2D eigenvalue weighted by atomic mass is 32.2. The number of nitrogens with two attached hydrogens (primary N) is 1. The number of hydrogen-bond acceptors (Lipinski definition) is 4. The first-order valence-corrected chi connectivity index (χ1v) is 7.97. The topological polar surface area (TPSA) is 106 Å². The monoisotopic (exact) mass is 276 g/mol. The molecule has 94 valence electrons. The van der Waals surface area contributed by atoms with Gasteiger partial charge in [0.25, 0.3) is 0 Å². The van der Waals surface area contributed by atoms with E-state index in [0.29, 0.717) is 0 Å². The SMILES string of the molecule is NS(=O)(=O)c1cccc(S(=O)(=O)NC2CC2)c1. The second-order valence-electron chi connectivity index (χ2n) is 3.92. The van der Waals surface area contributed by atoms with Crippen LogP contribution in [0.4, 0.5) is 0 Å². The molecule has 0 spiro atoms. The van der Waals surface area contributed by atoms with Gasteiger partial charge in [-0.15, -0.1) is 0 Å². The van der Waals surface area contributed by atoms with Crippen LogP contribution in [0, 0.1) is 0 Å². The fourth-order valence-electron chi connectivity index (χ4n) is 1.31. The Hall–Kier alpha value is -0.960.